The minimum atomic E-state index is -3.06. The van der Waals surface area contributed by atoms with Crippen LogP contribution in [0.5, 0.6) is 0 Å². The molecule has 0 saturated carbocycles. The van der Waals surface area contributed by atoms with Crippen LogP contribution in [0.3, 0.4) is 0 Å². The van der Waals surface area contributed by atoms with Crippen LogP contribution < -0.4 is 9.80 Å². The van der Waals surface area contributed by atoms with Crippen LogP contribution in [0, 0.1) is 0 Å². The minimum Gasteiger partial charge on any atom is -0.361 e. The zero-order chi connectivity index (χ0) is 78.8. The van der Waals surface area contributed by atoms with E-state index in [2.05, 4.69) is 169 Å². The number of halogens is 1. The van der Waals surface area contributed by atoms with Crippen LogP contribution in [0.4, 0.5) is 11.6 Å². The normalized spacial score (nSPS) is 15.3. The molecule has 2 fully saturated rings. The number of pyridine rings is 2. The number of allylic oxidation sites excluding steroid dienone is 2. The third-order valence-electron chi connectivity index (χ3n) is 20.9. The summed E-state index contributed by atoms with van der Waals surface area (Å²) in [5.74, 6) is 2.20. The maximum absolute atomic E-state index is 12.5. The first kappa shape index (κ1) is 89.0. The molecule has 8 aromatic rings. The van der Waals surface area contributed by atoms with E-state index in [9.17, 15) is 16.8 Å². The van der Waals surface area contributed by atoms with Gasteiger partial charge < -0.3 is 28.7 Å². The first-order chi connectivity index (χ1) is 51.0. The number of benzene rings is 2. The predicted molar refractivity (Wildman–Crippen MR) is 472 cm³/mol. The van der Waals surface area contributed by atoms with E-state index in [4.69, 9.17) is 49.1 Å². The van der Waals surface area contributed by atoms with E-state index in [1.807, 2.05) is 77.1 Å². The summed E-state index contributed by atoms with van der Waals surface area (Å²) in [6, 6.07) is 24.6. The second kappa shape index (κ2) is 40.0. The molecule has 0 aliphatic carbocycles. The van der Waals surface area contributed by atoms with Gasteiger partial charge in [-0.3, -0.25) is 9.97 Å². The fourth-order valence-corrected chi connectivity index (χ4v) is 35.2. The van der Waals surface area contributed by atoms with Crippen molar-refractivity contribution in [2.75, 3.05) is 86.2 Å². The largest absolute Gasteiger partial charge is 0.361 e. The van der Waals surface area contributed by atoms with Gasteiger partial charge in [0.1, 0.15) is 52.4 Å². The quantitative estimate of drug-likeness (QED) is 0.0202. The Balaban J connectivity index is 0.000000227. The van der Waals surface area contributed by atoms with Crippen molar-refractivity contribution in [2.24, 2.45) is 0 Å². The van der Waals surface area contributed by atoms with Gasteiger partial charge in [0.05, 0.1) is 62.3 Å². The molecule has 108 heavy (non-hydrogen) atoms. The maximum Gasteiger partial charge on any atom is 0.165 e. The number of rotatable bonds is 37. The van der Waals surface area contributed by atoms with Crippen molar-refractivity contribution in [1.29, 1.82) is 0 Å². The number of hydrogen-bond acceptors (Lipinski definition) is 16. The number of hydrogen-bond donors (Lipinski definition) is 0. The van der Waals surface area contributed by atoms with Gasteiger partial charge in [-0.15, -0.1) is 0 Å². The average Bonchev–Trinajstić information content (AvgIpc) is 1.53. The topological polar surface area (TPSA) is 198 Å². The summed E-state index contributed by atoms with van der Waals surface area (Å²) in [6.07, 6.45) is 18.0. The molecule has 0 N–H and O–H groups in total. The first-order valence-electron chi connectivity index (χ1n) is 39.7. The van der Waals surface area contributed by atoms with E-state index in [0.29, 0.717) is 90.3 Å². The Labute approximate surface area is 664 Å². The number of fused-ring (bicyclic) bond motifs is 4. The molecule has 10 rings (SSSR count). The van der Waals surface area contributed by atoms with Gasteiger partial charge in [0.25, 0.3) is 0 Å². The van der Waals surface area contributed by atoms with E-state index >= 15 is 0 Å². The van der Waals surface area contributed by atoms with Gasteiger partial charge >= 0.3 is 108 Å². The number of para-hydroxylation sites is 2. The molecule has 2 aliphatic rings. The second-order valence-electron chi connectivity index (χ2n) is 35.2. The Morgan fingerprint density at radius 1 is 0.519 bits per heavy atom. The van der Waals surface area contributed by atoms with Crippen LogP contribution in [0.15, 0.2) is 107 Å². The van der Waals surface area contributed by atoms with Crippen molar-refractivity contribution >= 4 is 137 Å². The standard InChI is InChI=1S/C35H51N5O4SSi2.C32H46BrN5O4SSi2.3C4H9.C3H5.Sn/c1-26(2)32-33(27-13-17-45(41,42)18-14-27)38-34-30(29-21-28-11-9-10-12-31(28)36-22-29)23-37-40(34)35(32)39(24-43-15-19-46(3,4)5)25-44-16-20-47(6,7)8;1-44(2,3)17-13-41-22-37(23-42-14-18-45(4,5)6)32-29(33)30(24-11-15-43(39,40)16-12-24)36-31-27(21-35-38(31)32)26-19-25-9-7-8-10-28(25)34-20-26;3*1-3-4-2;1-3-2;/h9-12,21-23,27H,1,13-20,24-25H2,2-8H3;7-10,19-21,24H,11-18,22-23H2,1-6H3;3*1,3-4H2,2H3;1H2,2H3;. The Hall–Kier alpha value is -4.53. The van der Waals surface area contributed by atoms with E-state index in [0.717, 1.165) is 107 Å². The van der Waals surface area contributed by atoms with E-state index < -0.39 is 70.3 Å². The van der Waals surface area contributed by atoms with E-state index in [-0.39, 0.29) is 34.8 Å². The minimum absolute atomic E-state index is 0.00778. The molecular formula is C82H129BrN10O8S2Si4Sn. The molecule has 0 atom stereocenters. The molecule has 0 amide bonds. The molecule has 0 radical (unpaired) electrons. The molecule has 8 heterocycles. The molecule has 18 nitrogen and oxygen atoms in total. The molecule has 594 valence electrons. The number of aromatic nitrogens is 8. The van der Waals surface area contributed by atoms with Gasteiger partial charge in [-0.2, -0.15) is 19.2 Å². The summed E-state index contributed by atoms with van der Waals surface area (Å²) in [4.78, 5) is 24.1. The van der Waals surface area contributed by atoms with E-state index in [1.165, 1.54) is 38.5 Å². The molecule has 2 aromatic carbocycles. The average molecular weight is 1760 g/mol. The third-order valence-corrected chi connectivity index (χ3v) is 48.3. The van der Waals surface area contributed by atoms with Crippen LogP contribution in [-0.4, -0.2) is 183 Å². The van der Waals surface area contributed by atoms with Crippen LogP contribution in [0.2, 0.25) is 116 Å². The van der Waals surface area contributed by atoms with Crippen molar-refractivity contribution < 1.29 is 35.8 Å². The Bertz CT molecular complexity index is 4440. The summed E-state index contributed by atoms with van der Waals surface area (Å²) < 4.78 is 85.9. The number of ether oxygens (including phenoxy) is 4. The van der Waals surface area contributed by atoms with Crippen LogP contribution in [-0.2, 0) is 38.6 Å². The zero-order valence-electron chi connectivity index (χ0n) is 68.6. The first-order valence-corrected chi connectivity index (χ1v) is 66.4. The molecule has 0 spiro atoms. The van der Waals surface area contributed by atoms with Crippen LogP contribution >= 0.6 is 15.9 Å². The number of sulfone groups is 2. The monoisotopic (exact) mass is 1760 g/mol. The molecule has 2 saturated heterocycles. The molecule has 26 heteroatoms. The Kier molecular flexibility index (Phi) is 32.9. The third kappa shape index (κ3) is 26.0. The second-order valence-corrected chi connectivity index (χ2v) is 77.1. The van der Waals surface area contributed by atoms with Gasteiger partial charge in [-0.25, -0.2) is 26.8 Å². The summed E-state index contributed by atoms with van der Waals surface area (Å²) in [7, 11) is -11.2. The predicted octanol–water partition coefficient (Wildman–Crippen LogP) is 21.1. The zero-order valence-corrected chi connectivity index (χ0v) is 78.7. The van der Waals surface area contributed by atoms with Crippen LogP contribution in [0.1, 0.15) is 128 Å². The van der Waals surface area contributed by atoms with Gasteiger partial charge in [0, 0.05) is 122 Å². The molecule has 0 bridgehead atoms. The fourth-order valence-electron chi connectivity index (χ4n) is 13.8. The smallest absolute Gasteiger partial charge is 0.165 e. The van der Waals surface area contributed by atoms with Gasteiger partial charge in [0.15, 0.2) is 17.1 Å². The molecule has 2 aliphatic heterocycles. The summed E-state index contributed by atoms with van der Waals surface area (Å²) in [5, 5.41) is 11.9. The summed E-state index contributed by atoms with van der Waals surface area (Å²) in [5.41, 5.74) is 10.2. The fraction of sp³-hybridized carbons (Fsp3) is 0.585. The van der Waals surface area contributed by atoms with Crippen molar-refractivity contribution in [2.45, 2.75) is 227 Å². The molecule has 0 unspecified atom stereocenters. The SMILES string of the molecule is C=C(C)c1c(C2CCS(=O)(=O)CC2)nc2c(-c3cnc4ccccc4c3)cnn2c1N(COCC[Si](C)(C)C)COCC[Si](C)(C)C.C=[C](C)[Sn]([CH2]CCC)([CH2]CCC)[CH2]CCC.C[Si](C)(C)CCOCN(COCC[Si](C)(C)C)c1c(Br)c(C2CCS(=O)(=O)CC2)nc2c(-c3cnc4ccccc4c3)cnn12. The van der Waals surface area contributed by atoms with Crippen LogP contribution in [0.25, 0.3) is 60.9 Å². The number of unbranched alkanes of at least 4 members (excludes halogenated alkanes) is 3. The number of nitrogens with zero attached hydrogens (tertiary/aromatic N) is 10. The van der Waals surface area contributed by atoms with Crippen molar-refractivity contribution in [3.63, 3.8) is 0 Å². The summed E-state index contributed by atoms with van der Waals surface area (Å²) in [6.45, 7) is 52.3. The van der Waals surface area contributed by atoms with E-state index in [1.54, 1.807) is 16.9 Å². The summed E-state index contributed by atoms with van der Waals surface area (Å²) >= 11 is 1.98. The Morgan fingerprint density at radius 2 is 0.861 bits per heavy atom. The van der Waals surface area contributed by atoms with Crippen molar-refractivity contribution in [3.8, 4) is 22.3 Å². The number of anilines is 2. The molecular weight excluding hydrogens is 1630 g/mol. The van der Waals surface area contributed by atoms with Crippen molar-refractivity contribution in [3.05, 3.63) is 124 Å². The molecule has 6 aromatic heterocycles. The maximum atomic E-state index is 12.5. The van der Waals surface area contributed by atoms with Gasteiger partial charge in [0.2, 0.25) is 0 Å². The van der Waals surface area contributed by atoms with Gasteiger partial charge in [-0.05, 0) is 103 Å². The van der Waals surface area contributed by atoms with Gasteiger partial charge in [-0.1, -0.05) is 122 Å². The Morgan fingerprint density at radius 3 is 1.21 bits per heavy atom. The van der Waals surface area contributed by atoms with Crippen molar-refractivity contribution in [1.82, 2.24) is 39.2 Å².